The van der Waals surface area contributed by atoms with Crippen LogP contribution >= 0.6 is 0 Å². The maximum absolute atomic E-state index is 12.2. The first-order valence-electron chi connectivity index (χ1n) is 6.79. The van der Waals surface area contributed by atoms with Crippen LogP contribution in [0.3, 0.4) is 0 Å². The normalized spacial score (nSPS) is 33.7. The van der Waals surface area contributed by atoms with E-state index in [1.54, 1.807) is 6.33 Å². The minimum atomic E-state index is -0.213. The van der Waals surface area contributed by atoms with Gasteiger partial charge in [-0.15, -0.1) is 0 Å². The van der Waals surface area contributed by atoms with Crippen molar-refractivity contribution in [2.75, 3.05) is 0 Å². The molecule has 0 saturated heterocycles. The van der Waals surface area contributed by atoms with E-state index in [-0.39, 0.29) is 10.8 Å². The molecular formula is C15H20N2O. The van der Waals surface area contributed by atoms with E-state index in [1.165, 1.54) is 11.3 Å². The number of aromatic nitrogens is 2. The van der Waals surface area contributed by atoms with Crippen LogP contribution in [0.2, 0.25) is 0 Å². The summed E-state index contributed by atoms with van der Waals surface area (Å²) >= 11 is 0. The smallest absolute Gasteiger partial charge is 0.138 e. The number of ketones is 1. The molecule has 3 heteroatoms. The molecule has 0 amide bonds. The zero-order valence-electron chi connectivity index (χ0n) is 11.4. The standard InChI is InChI=1S/C15H20N2O/c1-14(2)11-5-4-10-8-16-9-17-13(10)15(11,3)7-6-12(14)18/h8-9,11H,4-7H2,1-3H3/t11-,15-/m0/s1. The highest BCUT2D eigenvalue weighted by Gasteiger charge is 2.54. The van der Waals surface area contributed by atoms with E-state index in [0.29, 0.717) is 18.1 Å². The number of carbonyl (C=O) groups is 1. The molecule has 0 bridgehead atoms. The van der Waals surface area contributed by atoms with Gasteiger partial charge in [-0.2, -0.15) is 0 Å². The first-order chi connectivity index (χ1) is 8.46. The lowest BCUT2D eigenvalue weighted by molar-refractivity contribution is -0.137. The predicted molar refractivity (Wildman–Crippen MR) is 69.2 cm³/mol. The van der Waals surface area contributed by atoms with Crippen molar-refractivity contribution in [3.63, 3.8) is 0 Å². The summed E-state index contributed by atoms with van der Waals surface area (Å²) in [7, 11) is 0. The van der Waals surface area contributed by atoms with Crippen molar-refractivity contribution in [2.45, 2.75) is 51.9 Å². The predicted octanol–water partition coefficient (Wildman–Crippen LogP) is 2.69. The van der Waals surface area contributed by atoms with Gasteiger partial charge in [0.15, 0.2) is 0 Å². The summed E-state index contributed by atoms with van der Waals surface area (Å²) in [5.74, 6) is 0.830. The van der Waals surface area contributed by atoms with Gasteiger partial charge in [0.25, 0.3) is 0 Å². The summed E-state index contributed by atoms with van der Waals surface area (Å²) in [4.78, 5) is 20.9. The summed E-state index contributed by atoms with van der Waals surface area (Å²) in [6.45, 7) is 6.52. The molecule has 1 fully saturated rings. The first kappa shape index (κ1) is 11.8. The zero-order chi connectivity index (χ0) is 13.0. The Morgan fingerprint density at radius 2 is 2.06 bits per heavy atom. The highest BCUT2D eigenvalue weighted by atomic mass is 16.1. The number of carbonyl (C=O) groups excluding carboxylic acids is 1. The molecule has 1 saturated carbocycles. The van der Waals surface area contributed by atoms with Gasteiger partial charge < -0.3 is 0 Å². The Hall–Kier alpha value is -1.25. The van der Waals surface area contributed by atoms with Crippen LogP contribution in [0.1, 0.15) is 51.3 Å². The summed E-state index contributed by atoms with van der Waals surface area (Å²) in [5, 5.41) is 0. The lowest BCUT2D eigenvalue weighted by Gasteiger charge is -2.52. The van der Waals surface area contributed by atoms with Crippen LogP contribution in [-0.2, 0) is 16.6 Å². The Morgan fingerprint density at radius 1 is 1.28 bits per heavy atom. The molecule has 0 N–H and O–H groups in total. The fraction of sp³-hybridized carbons (Fsp3) is 0.667. The Labute approximate surface area is 108 Å². The molecule has 0 radical (unpaired) electrons. The first-order valence-corrected chi connectivity index (χ1v) is 6.79. The summed E-state index contributed by atoms with van der Waals surface area (Å²) in [5.41, 5.74) is 2.31. The Kier molecular flexibility index (Phi) is 2.38. The third-order valence-electron chi connectivity index (χ3n) is 5.26. The summed E-state index contributed by atoms with van der Waals surface area (Å²) in [6.07, 6.45) is 7.30. The van der Waals surface area contributed by atoms with Crippen LogP contribution in [0.25, 0.3) is 0 Å². The van der Waals surface area contributed by atoms with Gasteiger partial charge in [-0.1, -0.05) is 20.8 Å². The van der Waals surface area contributed by atoms with Gasteiger partial charge in [-0.25, -0.2) is 9.97 Å². The molecule has 0 unspecified atom stereocenters. The van der Waals surface area contributed by atoms with Crippen LogP contribution in [-0.4, -0.2) is 15.8 Å². The molecule has 1 aromatic heterocycles. The van der Waals surface area contributed by atoms with Crippen LogP contribution in [0, 0.1) is 11.3 Å². The van der Waals surface area contributed by atoms with Crippen molar-refractivity contribution in [1.29, 1.82) is 0 Å². The molecule has 0 spiro atoms. The summed E-state index contributed by atoms with van der Waals surface area (Å²) in [6, 6.07) is 0. The van der Waals surface area contributed by atoms with Crippen molar-refractivity contribution in [3.8, 4) is 0 Å². The number of Topliss-reactive ketones (excluding diaryl/α,β-unsaturated/α-hetero) is 1. The van der Waals surface area contributed by atoms with E-state index in [4.69, 9.17) is 0 Å². The topological polar surface area (TPSA) is 42.9 Å². The third kappa shape index (κ3) is 1.39. The second-order valence-electron chi connectivity index (χ2n) is 6.55. The van der Waals surface area contributed by atoms with E-state index in [0.717, 1.165) is 19.3 Å². The number of hydrogen-bond acceptors (Lipinski definition) is 3. The minimum Gasteiger partial charge on any atom is -0.299 e. The molecule has 18 heavy (non-hydrogen) atoms. The molecule has 0 aromatic carbocycles. The molecule has 0 aliphatic heterocycles. The van der Waals surface area contributed by atoms with Crippen molar-refractivity contribution in [2.24, 2.45) is 11.3 Å². The fourth-order valence-electron chi connectivity index (χ4n) is 4.18. The van der Waals surface area contributed by atoms with E-state index in [2.05, 4.69) is 30.7 Å². The van der Waals surface area contributed by atoms with Gasteiger partial charge >= 0.3 is 0 Å². The van der Waals surface area contributed by atoms with Gasteiger partial charge in [-0.05, 0) is 30.7 Å². The maximum atomic E-state index is 12.2. The van der Waals surface area contributed by atoms with Crippen molar-refractivity contribution < 1.29 is 4.79 Å². The quantitative estimate of drug-likeness (QED) is 0.704. The average Bonchev–Trinajstić information content (AvgIpc) is 2.35. The molecule has 1 aromatic rings. The van der Waals surface area contributed by atoms with Crippen LogP contribution in [0.4, 0.5) is 0 Å². The second-order valence-corrected chi connectivity index (χ2v) is 6.55. The molecule has 2 aliphatic rings. The van der Waals surface area contributed by atoms with Crippen LogP contribution < -0.4 is 0 Å². The highest BCUT2D eigenvalue weighted by Crippen LogP contribution is 2.54. The molecule has 3 rings (SSSR count). The van der Waals surface area contributed by atoms with E-state index in [1.807, 2.05) is 6.20 Å². The van der Waals surface area contributed by atoms with Crippen LogP contribution in [0.15, 0.2) is 12.5 Å². The van der Waals surface area contributed by atoms with E-state index >= 15 is 0 Å². The lowest BCUT2D eigenvalue weighted by atomic mass is 9.51. The largest absolute Gasteiger partial charge is 0.299 e. The number of aryl methyl sites for hydroxylation is 1. The number of hydrogen-bond donors (Lipinski definition) is 0. The second kappa shape index (κ2) is 3.62. The molecule has 1 heterocycles. The van der Waals surface area contributed by atoms with Crippen LogP contribution in [0.5, 0.6) is 0 Å². The number of fused-ring (bicyclic) bond motifs is 3. The number of rotatable bonds is 0. The Balaban J connectivity index is 2.13. The maximum Gasteiger partial charge on any atom is 0.138 e. The van der Waals surface area contributed by atoms with Gasteiger partial charge in [0, 0.05) is 23.4 Å². The van der Waals surface area contributed by atoms with Crippen molar-refractivity contribution in [3.05, 3.63) is 23.8 Å². The zero-order valence-corrected chi connectivity index (χ0v) is 11.4. The molecular weight excluding hydrogens is 224 g/mol. The summed E-state index contributed by atoms with van der Waals surface area (Å²) < 4.78 is 0. The monoisotopic (exact) mass is 244 g/mol. The van der Waals surface area contributed by atoms with Crippen molar-refractivity contribution in [1.82, 2.24) is 9.97 Å². The average molecular weight is 244 g/mol. The Morgan fingerprint density at radius 3 is 2.83 bits per heavy atom. The van der Waals surface area contributed by atoms with Gasteiger partial charge in [0.05, 0.1) is 5.69 Å². The highest BCUT2D eigenvalue weighted by molar-refractivity contribution is 5.86. The molecule has 2 atom stereocenters. The molecule has 96 valence electrons. The fourth-order valence-corrected chi connectivity index (χ4v) is 4.18. The van der Waals surface area contributed by atoms with E-state index in [9.17, 15) is 4.79 Å². The molecule has 3 nitrogen and oxygen atoms in total. The van der Waals surface area contributed by atoms with Gasteiger partial charge in [0.1, 0.15) is 12.1 Å². The van der Waals surface area contributed by atoms with Gasteiger partial charge in [-0.3, -0.25) is 4.79 Å². The van der Waals surface area contributed by atoms with E-state index < -0.39 is 0 Å². The molecule has 2 aliphatic carbocycles. The number of nitrogens with zero attached hydrogens (tertiary/aromatic N) is 2. The lowest BCUT2D eigenvalue weighted by Crippen LogP contribution is -2.52. The minimum absolute atomic E-state index is 0.0495. The SMILES string of the molecule is CC1(C)C(=O)CC[C@]2(C)c3ncncc3CC[C@@H]12. The Bertz CT molecular complexity index is 509. The van der Waals surface area contributed by atoms with Crippen molar-refractivity contribution >= 4 is 5.78 Å². The van der Waals surface area contributed by atoms with Gasteiger partial charge in [0.2, 0.25) is 0 Å². The third-order valence-corrected chi connectivity index (χ3v) is 5.26.